The van der Waals surface area contributed by atoms with Crippen LogP contribution >= 0.6 is 0 Å². The molecule has 12 heteroatoms. The van der Waals surface area contributed by atoms with Gasteiger partial charge in [-0.15, -0.1) is 0 Å². The molecule has 0 aromatic carbocycles. The fourth-order valence-corrected chi connectivity index (χ4v) is 5.68. The number of esters is 3. The van der Waals surface area contributed by atoms with E-state index in [2.05, 4.69) is 21.7 Å². The molecule has 0 bridgehead atoms. The first-order valence-corrected chi connectivity index (χ1v) is 18.9. The zero-order valence-corrected chi connectivity index (χ0v) is 31.2. The number of likely N-dealkylation sites (tertiary alicyclic amines) is 1. The first kappa shape index (κ1) is 44.9. The molecule has 0 aromatic rings. The average Bonchev–Trinajstić information content (AvgIpc) is 3.10. The van der Waals surface area contributed by atoms with Crippen molar-refractivity contribution in [2.45, 2.75) is 109 Å². The van der Waals surface area contributed by atoms with E-state index >= 15 is 0 Å². The Labute approximate surface area is 296 Å². The molecule has 0 saturated carbocycles. The highest BCUT2D eigenvalue weighted by Crippen LogP contribution is 2.11. The van der Waals surface area contributed by atoms with Gasteiger partial charge in [0.1, 0.15) is 25.6 Å². The lowest BCUT2D eigenvalue weighted by molar-refractivity contribution is -0.146. The van der Waals surface area contributed by atoms with Gasteiger partial charge in [0, 0.05) is 79.0 Å². The molecule has 2 aliphatic heterocycles. The summed E-state index contributed by atoms with van der Waals surface area (Å²) in [5.41, 5.74) is 0. The van der Waals surface area contributed by atoms with Crippen molar-refractivity contribution in [1.82, 2.24) is 14.7 Å². The van der Waals surface area contributed by atoms with Crippen molar-refractivity contribution in [3.63, 3.8) is 0 Å². The molecule has 0 spiro atoms. The summed E-state index contributed by atoms with van der Waals surface area (Å²) in [6, 6.07) is 0. The SMILES string of the molecule is COCCOC(=O)CCCCC(=O)CCCCCCCN1CCN(C)CC1.COCCOC(=O)CCCCC(=O)OCCN1CCCCC1. The molecule has 0 N–H and O–H groups in total. The van der Waals surface area contributed by atoms with Crippen molar-refractivity contribution in [2.75, 3.05) is 107 Å². The number of ketones is 1. The normalized spacial score (nSPS) is 15.7. The molecule has 49 heavy (non-hydrogen) atoms. The number of carbonyl (C=O) groups excluding carboxylic acids is 4. The van der Waals surface area contributed by atoms with Gasteiger partial charge in [0.05, 0.1) is 13.2 Å². The first-order valence-electron chi connectivity index (χ1n) is 18.9. The van der Waals surface area contributed by atoms with Crippen LogP contribution in [0.1, 0.15) is 109 Å². The van der Waals surface area contributed by atoms with Gasteiger partial charge in [0.15, 0.2) is 0 Å². The van der Waals surface area contributed by atoms with Crippen molar-refractivity contribution < 1.29 is 42.9 Å². The molecule has 2 rings (SSSR count). The Balaban J connectivity index is 0.000000500. The predicted molar refractivity (Wildman–Crippen MR) is 191 cm³/mol. The van der Waals surface area contributed by atoms with E-state index in [0.717, 1.165) is 45.3 Å². The molecular weight excluding hydrogens is 630 g/mol. The Morgan fingerprint density at radius 3 is 1.41 bits per heavy atom. The number of hydrogen-bond acceptors (Lipinski definition) is 12. The summed E-state index contributed by atoms with van der Waals surface area (Å²) < 4.78 is 24.8. The number of Topliss-reactive ketones (excluding diaryl/α,β-unsaturated/α-hetero) is 1. The summed E-state index contributed by atoms with van der Waals surface area (Å²) in [7, 11) is 5.33. The maximum absolute atomic E-state index is 11.9. The van der Waals surface area contributed by atoms with Gasteiger partial charge >= 0.3 is 17.9 Å². The summed E-state index contributed by atoms with van der Waals surface area (Å²) in [5.74, 6) is -0.281. The lowest BCUT2D eigenvalue weighted by Crippen LogP contribution is -2.44. The smallest absolute Gasteiger partial charge is 0.305 e. The van der Waals surface area contributed by atoms with Crippen LogP contribution in [0.25, 0.3) is 0 Å². The van der Waals surface area contributed by atoms with E-state index in [-0.39, 0.29) is 24.5 Å². The summed E-state index contributed by atoms with van der Waals surface area (Å²) in [5, 5.41) is 0. The molecule has 0 atom stereocenters. The van der Waals surface area contributed by atoms with E-state index in [4.69, 9.17) is 23.7 Å². The van der Waals surface area contributed by atoms with Crippen LogP contribution in [0.4, 0.5) is 0 Å². The largest absolute Gasteiger partial charge is 0.464 e. The summed E-state index contributed by atoms with van der Waals surface area (Å²) >= 11 is 0. The molecule has 0 radical (unpaired) electrons. The highest BCUT2D eigenvalue weighted by atomic mass is 16.6. The van der Waals surface area contributed by atoms with Gasteiger partial charge in [-0.3, -0.25) is 24.1 Å². The van der Waals surface area contributed by atoms with E-state index in [0.29, 0.717) is 77.2 Å². The summed E-state index contributed by atoms with van der Waals surface area (Å²) in [4.78, 5) is 53.5. The third-order valence-corrected chi connectivity index (χ3v) is 8.84. The zero-order chi connectivity index (χ0) is 35.8. The number of unbranched alkanes of at least 4 members (excludes halogenated alkanes) is 6. The number of rotatable bonds is 27. The third kappa shape index (κ3) is 28.3. The van der Waals surface area contributed by atoms with Crippen LogP contribution in [-0.4, -0.2) is 145 Å². The molecular formula is C37H69N3O9. The Bertz CT molecular complexity index is 847. The topological polar surface area (TPSA) is 124 Å². The van der Waals surface area contributed by atoms with Gasteiger partial charge in [-0.1, -0.05) is 25.7 Å². The number of likely N-dealkylation sites (N-methyl/N-ethyl adjacent to an activating group) is 1. The second kappa shape index (κ2) is 31.8. The lowest BCUT2D eigenvalue weighted by Gasteiger charge is -2.32. The van der Waals surface area contributed by atoms with Crippen molar-refractivity contribution in [3.05, 3.63) is 0 Å². The molecule has 12 nitrogen and oxygen atoms in total. The number of piperidine rings is 1. The van der Waals surface area contributed by atoms with Crippen molar-refractivity contribution in [2.24, 2.45) is 0 Å². The Morgan fingerprint density at radius 2 is 0.878 bits per heavy atom. The molecule has 0 amide bonds. The Hall–Kier alpha value is -2.12. The Morgan fingerprint density at radius 1 is 0.449 bits per heavy atom. The van der Waals surface area contributed by atoms with Crippen molar-refractivity contribution >= 4 is 23.7 Å². The highest BCUT2D eigenvalue weighted by molar-refractivity contribution is 5.78. The molecule has 286 valence electrons. The van der Waals surface area contributed by atoms with E-state index in [9.17, 15) is 19.2 Å². The first-order chi connectivity index (χ1) is 23.8. The minimum atomic E-state index is -0.240. The van der Waals surface area contributed by atoms with Crippen LogP contribution in [-0.2, 0) is 42.9 Å². The van der Waals surface area contributed by atoms with Gasteiger partial charge < -0.3 is 33.5 Å². The maximum Gasteiger partial charge on any atom is 0.305 e. The van der Waals surface area contributed by atoms with E-state index < -0.39 is 0 Å². The molecule has 2 fully saturated rings. The fourth-order valence-electron chi connectivity index (χ4n) is 5.68. The minimum Gasteiger partial charge on any atom is -0.464 e. The number of piperazine rings is 1. The van der Waals surface area contributed by atoms with Gasteiger partial charge in [0.2, 0.25) is 0 Å². The van der Waals surface area contributed by atoms with Crippen molar-refractivity contribution in [3.8, 4) is 0 Å². The standard InChI is InChI=1S/C21H40N2O4.C16H29NO5/c1-22-14-16-23(17-15-22)13-9-5-3-4-6-10-20(24)11-7-8-12-21(25)27-19-18-26-2;1-20-13-14-22-16(19)8-4-3-7-15(18)21-12-11-17-9-5-2-6-10-17/h3-19H2,1-2H3;2-14H2,1H3. The van der Waals surface area contributed by atoms with Gasteiger partial charge in [0.25, 0.3) is 0 Å². The Kier molecular flexibility index (Phi) is 29.2. The second-order valence-corrected chi connectivity index (χ2v) is 13.2. The third-order valence-electron chi connectivity index (χ3n) is 8.84. The maximum atomic E-state index is 11.9. The molecule has 2 heterocycles. The van der Waals surface area contributed by atoms with Crippen LogP contribution in [0.5, 0.6) is 0 Å². The predicted octanol–water partition coefficient (Wildman–Crippen LogP) is 4.66. The highest BCUT2D eigenvalue weighted by Gasteiger charge is 2.13. The van der Waals surface area contributed by atoms with Crippen LogP contribution < -0.4 is 0 Å². The van der Waals surface area contributed by atoms with Crippen LogP contribution in [0, 0.1) is 0 Å². The molecule has 2 saturated heterocycles. The second-order valence-electron chi connectivity index (χ2n) is 13.2. The quantitative estimate of drug-likeness (QED) is 0.0673. The van der Waals surface area contributed by atoms with Crippen LogP contribution in [0.2, 0.25) is 0 Å². The monoisotopic (exact) mass is 700 g/mol. The van der Waals surface area contributed by atoms with E-state index in [1.54, 1.807) is 14.2 Å². The number of hydrogen-bond donors (Lipinski definition) is 0. The molecule has 2 aliphatic rings. The fraction of sp³-hybridized carbons (Fsp3) is 0.892. The summed E-state index contributed by atoms with van der Waals surface area (Å²) in [6.45, 7) is 11.0. The van der Waals surface area contributed by atoms with Crippen LogP contribution in [0.15, 0.2) is 0 Å². The molecule has 0 aliphatic carbocycles. The van der Waals surface area contributed by atoms with E-state index in [1.807, 2.05) is 0 Å². The van der Waals surface area contributed by atoms with E-state index in [1.165, 1.54) is 71.2 Å². The average molecular weight is 700 g/mol. The molecule has 0 aromatic heterocycles. The molecule has 0 unspecified atom stereocenters. The van der Waals surface area contributed by atoms with Gasteiger partial charge in [-0.25, -0.2) is 0 Å². The van der Waals surface area contributed by atoms with Gasteiger partial charge in [-0.05, 0) is 78.0 Å². The number of methoxy groups -OCH3 is 2. The minimum absolute atomic E-state index is 0.176. The van der Waals surface area contributed by atoms with Gasteiger partial charge in [-0.2, -0.15) is 0 Å². The lowest BCUT2D eigenvalue weighted by atomic mass is 10.0. The number of ether oxygens (including phenoxy) is 5. The zero-order valence-electron chi connectivity index (χ0n) is 31.2. The van der Waals surface area contributed by atoms with Crippen molar-refractivity contribution in [1.29, 1.82) is 0 Å². The number of nitrogens with zero attached hydrogens (tertiary/aromatic N) is 3. The van der Waals surface area contributed by atoms with Crippen LogP contribution in [0.3, 0.4) is 0 Å². The summed E-state index contributed by atoms with van der Waals surface area (Å²) in [6.07, 6.45) is 14.9. The number of carbonyl (C=O) groups is 4.